The Morgan fingerprint density at radius 2 is 2.05 bits per heavy atom. The van der Waals surface area contributed by atoms with Gasteiger partial charge < -0.3 is 15.1 Å². The summed E-state index contributed by atoms with van der Waals surface area (Å²) in [6.07, 6.45) is 0. The summed E-state index contributed by atoms with van der Waals surface area (Å²) in [6.45, 7) is 8.20. The molecule has 2 rings (SSSR count). The van der Waals surface area contributed by atoms with Gasteiger partial charge >= 0.3 is 0 Å². The van der Waals surface area contributed by atoms with Gasteiger partial charge in [0.1, 0.15) is 4.32 Å². The van der Waals surface area contributed by atoms with Gasteiger partial charge in [-0.1, -0.05) is 36.1 Å². The Kier molecular flexibility index (Phi) is 6.23. The first kappa shape index (κ1) is 17.2. The molecular weight excluding hydrogens is 314 g/mol. The van der Waals surface area contributed by atoms with Crippen LogP contribution in [0.5, 0.6) is 0 Å². The highest BCUT2D eigenvalue weighted by Crippen LogP contribution is 2.17. The fourth-order valence-corrected chi connectivity index (χ4v) is 3.40. The maximum absolute atomic E-state index is 12.1. The van der Waals surface area contributed by atoms with Gasteiger partial charge in [0.05, 0.1) is 39.0 Å². The number of benzene rings is 1. The highest BCUT2D eigenvalue weighted by Gasteiger charge is 2.19. The summed E-state index contributed by atoms with van der Waals surface area (Å²) < 4.78 is 0.837. The minimum Gasteiger partial charge on any atom is -0.346 e. The first-order valence-electron chi connectivity index (χ1n) is 7.56. The zero-order valence-corrected chi connectivity index (χ0v) is 15.1. The molecule has 0 radical (unpaired) electrons. The molecule has 0 atom stereocenters. The van der Waals surface area contributed by atoms with E-state index in [4.69, 9.17) is 12.2 Å². The van der Waals surface area contributed by atoms with Crippen molar-refractivity contribution in [2.75, 3.05) is 44.3 Å². The lowest BCUT2D eigenvalue weighted by molar-refractivity contribution is -0.883. The molecule has 1 aliphatic rings. The van der Waals surface area contributed by atoms with Gasteiger partial charge in [0.2, 0.25) is 5.91 Å². The van der Waals surface area contributed by atoms with E-state index < -0.39 is 0 Å². The maximum Gasteiger partial charge on any atom is 0.234 e. The van der Waals surface area contributed by atoms with Crippen LogP contribution in [0.3, 0.4) is 0 Å². The molecule has 1 heterocycles. The van der Waals surface area contributed by atoms with Crippen LogP contribution >= 0.6 is 24.0 Å². The molecule has 2 N–H and O–H groups in total. The molecule has 1 amide bonds. The Bertz CT molecular complexity index is 554. The predicted molar refractivity (Wildman–Crippen MR) is 97.8 cm³/mol. The van der Waals surface area contributed by atoms with Crippen LogP contribution in [0.1, 0.15) is 11.1 Å². The SMILES string of the molecule is Cc1ccc(C)c(NC(=O)CSC(=S)N2CC[NH+](C)CC2)c1. The molecule has 0 saturated carbocycles. The van der Waals surface area contributed by atoms with Crippen LogP contribution in [0.25, 0.3) is 0 Å². The number of amides is 1. The standard InChI is InChI=1S/C16H23N3OS2/c1-12-4-5-13(2)14(10-12)17-15(20)11-22-16(21)19-8-6-18(3)7-9-19/h4-5,10H,6-9,11H2,1-3H3,(H,17,20)/p+1. The van der Waals surface area contributed by atoms with Crippen LogP contribution in [0, 0.1) is 13.8 Å². The van der Waals surface area contributed by atoms with Crippen molar-refractivity contribution in [3.63, 3.8) is 0 Å². The highest BCUT2D eigenvalue weighted by atomic mass is 32.2. The van der Waals surface area contributed by atoms with E-state index in [0.29, 0.717) is 5.75 Å². The average Bonchev–Trinajstić information content (AvgIpc) is 2.49. The zero-order chi connectivity index (χ0) is 16.1. The Morgan fingerprint density at radius 3 is 2.73 bits per heavy atom. The van der Waals surface area contributed by atoms with Crippen molar-refractivity contribution in [3.05, 3.63) is 29.3 Å². The third kappa shape index (κ3) is 4.97. The Labute approximate surface area is 142 Å². The molecule has 4 nitrogen and oxygen atoms in total. The molecule has 6 heteroatoms. The molecule has 0 bridgehead atoms. The number of piperazine rings is 1. The average molecular weight is 339 g/mol. The lowest BCUT2D eigenvalue weighted by Gasteiger charge is -2.31. The summed E-state index contributed by atoms with van der Waals surface area (Å²) >= 11 is 6.90. The summed E-state index contributed by atoms with van der Waals surface area (Å²) in [4.78, 5) is 15.8. The van der Waals surface area contributed by atoms with Crippen molar-refractivity contribution in [1.29, 1.82) is 0 Å². The minimum absolute atomic E-state index is 0.000743. The van der Waals surface area contributed by atoms with Gasteiger partial charge in [-0.05, 0) is 31.0 Å². The van der Waals surface area contributed by atoms with Crippen molar-refractivity contribution in [3.8, 4) is 0 Å². The lowest BCUT2D eigenvalue weighted by Crippen LogP contribution is -3.12. The van der Waals surface area contributed by atoms with E-state index in [1.807, 2.05) is 32.0 Å². The number of anilines is 1. The van der Waals surface area contributed by atoms with Crippen LogP contribution in [0.15, 0.2) is 18.2 Å². The molecule has 1 aromatic rings. The summed E-state index contributed by atoms with van der Waals surface area (Å²) in [7, 11) is 2.20. The van der Waals surface area contributed by atoms with E-state index in [2.05, 4.69) is 17.3 Å². The quantitative estimate of drug-likeness (QED) is 0.809. The maximum atomic E-state index is 12.1. The Hall–Kier alpha value is -1.11. The first-order valence-corrected chi connectivity index (χ1v) is 8.95. The second-order valence-electron chi connectivity index (χ2n) is 5.87. The normalized spacial score (nSPS) is 15.7. The lowest BCUT2D eigenvalue weighted by atomic mass is 10.1. The van der Waals surface area contributed by atoms with Gasteiger partial charge in [0.15, 0.2) is 0 Å². The molecule has 1 aliphatic heterocycles. The highest BCUT2D eigenvalue weighted by molar-refractivity contribution is 8.23. The fraction of sp³-hybridized carbons (Fsp3) is 0.500. The molecule has 120 valence electrons. The van der Waals surface area contributed by atoms with E-state index in [0.717, 1.165) is 47.3 Å². The third-order valence-corrected chi connectivity index (χ3v) is 5.39. The Balaban J connectivity index is 1.80. The number of rotatable bonds is 3. The number of likely N-dealkylation sites (N-methyl/N-ethyl adjacent to an activating group) is 1. The molecule has 1 aromatic carbocycles. The van der Waals surface area contributed by atoms with Gasteiger partial charge in [-0.15, -0.1) is 0 Å². The number of hydrogen-bond donors (Lipinski definition) is 2. The number of carbonyl (C=O) groups excluding carboxylic acids is 1. The first-order chi connectivity index (χ1) is 10.5. The van der Waals surface area contributed by atoms with Crippen molar-refractivity contribution in [2.24, 2.45) is 0 Å². The van der Waals surface area contributed by atoms with E-state index in [9.17, 15) is 4.79 Å². The van der Waals surface area contributed by atoms with E-state index in [1.54, 1.807) is 0 Å². The molecule has 0 unspecified atom stereocenters. The fourth-order valence-electron chi connectivity index (χ4n) is 2.35. The largest absolute Gasteiger partial charge is 0.346 e. The topological polar surface area (TPSA) is 36.8 Å². The minimum atomic E-state index is 0.000743. The number of hydrogen-bond acceptors (Lipinski definition) is 3. The van der Waals surface area contributed by atoms with Crippen LogP contribution in [0.2, 0.25) is 0 Å². The van der Waals surface area contributed by atoms with Gasteiger partial charge in [0, 0.05) is 5.69 Å². The van der Waals surface area contributed by atoms with E-state index in [-0.39, 0.29) is 5.91 Å². The van der Waals surface area contributed by atoms with Gasteiger partial charge in [-0.25, -0.2) is 0 Å². The summed E-state index contributed by atoms with van der Waals surface area (Å²) in [5.74, 6) is 0.367. The molecule has 0 spiro atoms. The summed E-state index contributed by atoms with van der Waals surface area (Å²) in [5, 5.41) is 2.97. The van der Waals surface area contributed by atoms with Crippen molar-refractivity contribution < 1.29 is 9.69 Å². The van der Waals surface area contributed by atoms with E-state index >= 15 is 0 Å². The van der Waals surface area contributed by atoms with Crippen molar-refractivity contribution in [1.82, 2.24) is 4.90 Å². The van der Waals surface area contributed by atoms with Crippen LogP contribution in [-0.4, -0.2) is 54.1 Å². The molecule has 1 fully saturated rings. The van der Waals surface area contributed by atoms with Gasteiger partial charge in [0.25, 0.3) is 0 Å². The molecule has 22 heavy (non-hydrogen) atoms. The van der Waals surface area contributed by atoms with Crippen LogP contribution in [-0.2, 0) is 4.79 Å². The van der Waals surface area contributed by atoms with Crippen LogP contribution in [0.4, 0.5) is 5.69 Å². The second kappa shape index (κ2) is 7.94. The molecular formula is C16H24N3OS2+. The molecule has 0 aromatic heterocycles. The third-order valence-electron chi connectivity index (χ3n) is 3.87. The summed E-state index contributed by atoms with van der Waals surface area (Å²) in [6, 6.07) is 6.07. The zero-order valence-electron chi connectivity index (χ0n) is 13.4. The van der Waals surface area contributed by atoms with Crippen LogP contribution < -0.4 is 10.2 Å². The van der Waals surface area contributed by atoms with Crippen molar-refractivity contribution >= 4 is 39.9 Å². The number of quaternary nitrogens is 1. The number of thiocarbonyl (C=S) groups is 1. The second-order valence-corrected chi connectivity index (χ2v) is 7.47. The van der Waals surface area contributed by atoms with E-state index in [1.165, 1.54) is 16.7 Å². The smallest absolute Gasteiger partial charge is 0.234 e. The number of nitrogens with one attached hydrogen (secondary N) is 2. The number of thioether (sulfide) groups is 1. The monoisotopic (exact) mass is 338 g/mol. The molecule has 1 saturated heterocycles. The number of aryl methyl sites for hydroxylation is 2. The number of nitrogens with zero attached hydrogens (tertiary/aromatic N) is 1. The molecule has 0 aliphatic carbocycles. The van der Waals surface area contributed by atoms with Crippen molar-refractivity contribution in [2.45, 2.75) is 13.8 Å². The van der Waals surface area contributed by atoms with Gasteiger partial charge in [-0.2, -0.15) is 0 Å². The number of carbonyl (C=O) groups is 1. The predicted octanol–water partition coefficient (Wildman–Crippen LogP) is 1.09. The Morgan fingerprint density at radius 1 is 1.36 bits per heavy atom. The van der Waals surface area contributed by atoms with Gasteiger partial charge in [-0.3, -0.25) is 4.79 Å². The summed E-state index contributed by atoms with van der Waals surface area (Å²) in [5.41, 5.74) is 3.11.